The van der Waals surface area contributed by atoms with Crippen LogP contribution in [0.3, 0.4) is 0 Å². The first-order chi connectivity index (χ1) is 18.7. The van der Waals surface area contributed by atoms with E-state index < -0.39 is 24.4 Å². The van der Waals surface area contributed by atoms with Crippen molar-refractivity contribution in [1.29, 1.82) is 0 Å². The fourth-order valence-electron chi connectivity index (χ4n) is 4.84. The van der Waals surface area contributed by atoms with Crippen molar-refractivity contribution < 1.29 is 37.1 Å². The maximum Gasteiger partial charge on any atom is 0.471 e. The fraction of sp³-hybridized carbons (Fsp3) is 0.462. The number of anilines is 2. The van der Waals surface area contributed by atoms with Gasteiger partial charge in [0.25, 0.3) is 5.91 Å². The van der Waals surface area contributed by atoms with Gasteiger partial charge in [0.1, 0.15) is 5.82 Å². The van der Waals surface area contributed by atoms with Crippen LogP contribution in [0.5, 0.6) is 0 Å². The van der Waals surface area contributed by atoms with Crippen LogP contribution in [-0.4, -0.2) is 65.0 Å². The highest BCUT2D eigenvalue weighted by atomic mass is 19.4. The van der Waals surface area contributed by atoms with Crippen LogP contribution in [0.25, 0.3) is 0 Å². The van der Waals surface area contributed by atoms with Crippen LogP contribution in [0.1, 0.15) is 54.4 Å². The molecular weight excluding hydrogens is 519 g/mol. The summed E-state index contributed by atoms with van der Waals surface area (Å²) >= 11 is 0. The topological polar surface area (TPSA) is 113 Å². The number of benzene rings is 1. The van der Waals surface area contributed by atoms with Gasteiger partial charge in [-0.1, -0.05) is 25.0 Å². The Labute approximate surface area is 223 Å². The van der Waals surface area contributed by atoms with Gasteiger partial charge in [-0.05, 0) is 49.1 Å². The van der Waals surface area contributed by atoms with Crippen molar-refractivity contribution >= 4 is 29.4 Å². The lowest BCUT2D eigenvalue weighted by Crippen LogP contribution is -2.45. The molecule has 2 fully saturated rings. The molecule has 0 spiro atoms. The van der Waals surface area contributed by atoms with Crippen LogP contribution in [0.15, 0.2) is 42.6 Å². The van der Waals surface area contributed by atoms with Crippen LogP contribution in [0.2, 0.25) is 0 Å². The third-order valence-electron chi connectivity index (χ3n) is 6.69. The number of hydrogen-bond acceptors (Lipinski definition) is 7. The smallest absolute Gasteiger partial charge is 0.425 e. The molecule has 210 valence electrons. The number of alkyl halides is 3. The van der Waals surface area contributed by atoms with E-state index in [1.54, 1.807) is 36.4 Å². The molecule has 2 N–H and O–H groups in total. The van der Waals surface area contributed by atoms with Gasteiger partial charge < -0.3 is 10.1 Å². The molecule has 1 aromatic heterocycles. The minimum absolute atomic E-state index is 0.0343. The van der Waals surface area contributed by atoms with Gasteiger partial charge in [0.15, 0.2) is 6.23 Å². The number of ether oxygens (including phenoxy) is 1. The van der Waals surface area contributed by atoms with Gasteiger partial charge in [-0.3, -0.25) is 24.6 Å². The number of halogens is 3. The molecule has 0 bridgehead atoms. The number of aromatic nitrogens is 1. The normalized spacial score (nSPS) is 17.6. The van der Waals surface area contributed by atoms with Crippen molar-refractivity contribution in [2.75, 3.05) is 24.3 Å². The average Bonchev–Trinajstić information content (AvgIpc) is 3.60. The summed E-state index contributed by atoms with van der Waals surface area (Å²) in [5.41, 5.74) is 1.76. The molecule has 1 saturated carbocycles. The maximum absolute atomic E-state index is 13.2. The molecule has 1 aliphatic heterocycles. The molecule has 10 nitrogen and oxygen atoms in total. The highest BCUT2D eigenvalue weighted by molar-refractivity contribution is 5.99. The first kappa shape index (κ1) is 28.1. The van der Waals surface area contributed by atoms with Crippen LogP contribution < -0.4 is 10.6 Å². The molecule has 1 aromatic carbocycles. The summed E-state index contributed by atoms with van der Waals surface area (Å²) in [6, 6.07) is 10.4. The molecule has 13 heteroatoms. The Hall–Kier alpha value is -3.87. The van der Waals surface area contributed by atoms with E-state index in [-0.39, 0.29) is 43.7 Å². The van der Waals surface area contributed by atoms with Crippen LogP contribution in [0.4, 0.5) is 29.5 Å². The summed E-state index contributed by atoms with van der Waals surface area (Å²) in [4.78, 5) is 47.1. The minimum atomic E-state index is -5.05. The summed E-state index contributed by atoms with van der Waals surface area (Å²) in [6.07, 6.45) is -1.67. The standard InChI is InChI=1S/C26H30F3N5O5/c1-38-34(18-7-2-3-8-18)23(35)19-9-4-5-10-20(19)31-16-17-12-13-30-21(15-17)32-25(37)39-22-11-6-14-33(22)24(36)26(27,28)29/h4-5,9-10,12-13,15,18,22,31H,2-3,6-8,11,14,16H2,1H3,(H,30,32,37). The third-order valence-corrected chi connectivity index (χ3v) is 6.69. The Morgan fingerprint density at radius 2 is 1.85 bits per heavy atom. The van der Waals surface area contributed by atoms with Gasteiger partial charge in [-0.25, -0.2) is 14.8 Å². The number of likely N-dealkylation sites (tertiary alicyclic amines) is 1. The van der Waals surface area contributed by atoms with Gasteiger partial charge >= 0.3 is 18.2 Å². The number of carbonyl (C=O) groups is 3. The highest BCUT2D eigenvalue weighted by Crippen LogP contribution is 2.28. The molecule has 2 aromatic rings. The number of amides is 3. The quantitative estimate of drug-likeness (QED) is 0.459. The van der Waals surface area contributed by atoms with Crippen LogP contribution in [-0.2, 0) is 20.9 Å². The Bertz CT molecular complexity index is 1190. The van der Waals surface area contributed by atoms with E-state index in [4.69, 9.17) is 9.57 Å². The lowest BCUT2D eigenvalue weighted by molar-refractivity contribution is -0.191. The predicted octanol–water partition coefficient (Wildman–Crippen LogP) is 4.70. The molecule has 1 unspecified atom stereocenters. The van der Waals surface area contributed by atoms with Crippen molar-refractivity contribution in [3.8, 4) is 0 Å². The lowest BCUT2D eigenvalue weighted by Gasteiger charge is -2.27. The van der Waals surface area contributed by atoms with Crippen molar-refractivity contribution in [1.82, 2.24) is 14.9 Å². The summed E-state index contributed by atoms with van der Waals surface area (Å²) in [7, 11) is 1.49. The zero-order valence-electron chi connectivity index (χ0n) is 21.4. The minimum Gasteiger partial charge on any atom is -0.425 e. The van der Waals surface area contributed by atoms with Gasteiger partial charge in [0, 0.05) is 31.4 Å². The fourth-order valence-corrected chi connectivity index (χ4v) is 4.84. The summed E-state index contributed by atoms with van der Waals surface area (Å²) in [5, 5.41) is 7.05. The van der Waals surface area contributed by atoms with Crippen LogP contribution in [0, 0.1) is 0 Å². The number of para-hydroxylation sites is 1. The van der Waals surface area contributed by atoms with Crippen molar-refractivity contribution in [3.05, 3.63) is 53.7 Å². The Morgan fingerprint density at radius 3 is 2.56 bits per heavy atom. The Kier molecular flexibility index (Phi) is 8.90. The zero-order chi connectivity index (χ0) is 28.0. The average molecular weight is 550 g/mol. The predicted molar refractivity (Wildman–Crippen MR) is 134 cm³/mol. The van der Waals surface area contributed by atoms with E-state index in [1.165, 1.54) is 18.4 Å². The molecule has 2 aliphatic rings. The van der Waals surface area contributed by atoms with Crippen molar-refractivity contribution in [3.63, 3.8) is 0 Å². The lowest BCUT2D eigenvalue weighted by atomic mass is 10.1. The number of rotatable bonds is 8. The Morgan fingerprint density at radius 1 is 1.10 bits per heavy atom. The number of carbonyl (C=O) groups excluding carboxylic acids is 3. The second-order valence-electron chi connectivity index (χ2n) is 9.32. The molecule has 2 heterocycles. The number of nitrogens with zero attached hydrogens (tertiary/aromatic N) is 3. The van der Waals surface area contributed by atoms with Gasteiger partial charge in [0.05, 0.1) is 18.7 Å². The van der Waals surface area contributed by atoms with Gasteiger partial charge in [-0.2, -0.15) is 13.2 Å². The van der Waals surface area contributed by atoms with Crippen molar-refractivity contribution in [2.24, 2.45) is 0 Å². The first-order valence-corrected chi connectivity index (χ1v) is 12.7. The number of hydrogen-bond donors (Lipinski definition) is 2. The van der Waals surface area contributed by atoms with E-state index in [9.17, 15) is 27.6 Å². The summed E-state index contributed by atoms with van der Waals surface area (Å²) < 4.78 is 43.5. The molecule has 4 rings (SSSR count). The monoisotopic (exact) mass is 549 g/mol. The molecule has 1 saturated heterocycles. The highest BCUT2D eigenvalue weighted by Gasteiger charge is 2.47. The van der Waals surface area contributed by atoms with Gasteiger partial charge in [-0.15, -0.1) is 0 Å². The second-order valence-corrected chi connectivity index (χ2v) is 9.32. The molecule has 1 atom stereocenters. The molecule has 1 aliphatic carbocycles. The summed E-state index contributed by atoms with van der Waals surface area (Å²) in [5.74, 6) is -2.17. The zero-order valence-corrected chi connectivity index (χ0v) is 21.4. The third kappa shape index (κ3) is 6.96. The van der Waals surface area contributed by atoms with E-state index in [1.807, 2.05) is 0 Å². The van der Waals surface area contributed by atoms with Crippen LogP contribution >= 0.6 is 0 Å². The van der Waals surface area contributed by atoms with E-state index in [0.717, 1.165) is 25.7 Å². The Balaban J connectivity index is 1.37. The number of nitrogens with one attached hydrogen (secondary N) is 2. The second kappa shape index (κ2) is 12.3. The summed E-state index contributed by atoms with van der Waals surface area (Å²) in [6.45, 7) is 0.131. The number of hydroxylamine groups is 2. The molecule has 39 heavy (non-hydrogen) atoms. The number of pyridine rings is 1. The van der Waals surface area contributed by atoms with Crippen molar-refractivity contribution in [2.45, 2.75) is 63.5 Å². The maximum atomic E-state index is 13.2. The SMILES string of the molecule is CON(C(=O)c1ccccc1NCc1ccnc(NC(=O)OC2CCCN2C(=O)C(F)(F)F)c1)C1CCCC1. The largest absolute Gasteiger partial charge is 0.471 e. The molecule has 0 radical (unpaired) electrons. The van der Waals surface area contributed by atoms with E-state index in [2.05, 4.69) is 15.6 Å². The molecular formula is C26H30F3N5O5. The first-order valence-electron chi connectivity index (χ1n) is 12.7. The molecule has 3 amide bonds. The van der Waals surface area contributed by atoms with E-state index >= 15 is 0 Å². The van der Waals surface area contributed by atoms with Gasteiger partial charge in [0.2, 0.25) is 0 Å². The van der Waals surface area contributed by atoms with E-state index in [0.29, 0.717) is 21.7 Å².